The minimum atomic E-state index is -0.253. The first-order chi connectivity index (χ1) is 9.46. The summed E-state index contributed by atoms with van der Waals surface area (Å²) in [7, 11) is 3.50. The maximum Gasteiger partial charge on any atom is 0.165 e. The molecule has 0 amide bonds. The van der Waals surface area contributed by atoms with Crippen LogP contribution in [0.2, 0.25) is 0 Å². The third-order valence-corrected chi connectivity index (χ3v) is 4.60. The largest absolute Gasteiger partial charge is 0.494 e. The standard InChI is InChI=1S/C17H26FNO/c1-17(2)8-7-13(11-19-3)14(10-17)12-5-6-16(20-4)15(18)9-12/h5-6,9,13-14,19H,7-8,10-11H2,1-4H3. The van der Waals surface area contributed by atoms with Crippen molar-refractivity contribution in [3.05, 3.63) is 29.6 Å². The summed E-state index contributed by atoms with van der Waals surface area (Å²) in [5, 5.41) is 3.28. The van der Waals surface area contributed by atoms with Gasteiger partial charge in [0.05, 0.1) is 7.11 Å². The average Bonchev–Trinajstić information content (AvgIpc) is 2.40. The summed E-state index contributed by atoms with van der Waals surface area (Å²) in [6, 6.07) is 5.44. The molecule has 2 atom stereocenters. The van der Waals surface area contributed by atoms with Gasteiger partial charge in [0, 0.05) is 0 Å². The average molecular weight is 279 g/mol. The predicted octanol–water partition coefficient (Wildman–Crippen LogP) is 3.96. The van der Waals surface area contributed by atoms with E-state index in [1.165, 1.54) is 20.0 Å². The SMILES string of the molecule is CNCC1CCC(C)(C)CC1c1ccc(OC)c(F)c1. The summed E-state index contributed by atoms with van der Waals surface area (Å²) < 4.78 is 19.0. The summed E-state index contributed by atoms with van der Waals surface area (Å²) in [4.78, 5) is 0. The lowest BCUT2D eigenvalue weighted by atomic mass is 9.65. The van der Waals surface area contributed by atoms with E-state index in [0.717, 1.165) is 18.5 Å². The minimum Gasteiger partial charge on any atom is -0.494 e. The lowest BCUT2D eigenvalue weighted by Gasteiger charge is -2.41. The van der Waals surface area contributed by atoms with E-state index in [1.54, 1.807) is 12.1 Å². The van der Waals surface area contributed by atoms with Crippen molar-refractivity contribution in [1.82, 2.24) is 5.32 Å². The summed E-state index contributed by atoms with van der Waals surface area (Å²) in [6.07, 6.45) is 3.56. The smallest absolute Gasteiger partial charge is 0.165 e. The van der Waals surface area contributed by atoms with Crippen LogP contribution in [0.15, 0.2) is 18.2 Å². The van der Waals surface area contributed by atoms with E-state index in [1.807, 2.05) is 13.1 Å². The Morgan fingerprint density at radius 3 is 2.75 bits per heavy atom. The van der Waals surface area contributed by atoms with Crippen LogP contribution in [0.25, 0.3) is 0 Å². The lowest BCUT2D eigenvalue weighted by molar-refractivity contribution is 0.161. The third-order valence-electron chi connectivity index (χ3n) is 4.60. The van der Waals surface area contributed by atoms with Gasteiger partial charge in [0.25, 0.3) is 0 Å². The fourth-order valence-electron chi connectivity index (χ4n) is 3.45. The van der Waals surface area contributed by atoms with Crippen LogP contribution in [0.3, 0.4) is 0 Å². The second-order valence-electron chi connectivity index (χ2n) is 6.73. The molecular weight excluding hydrogens is 253 g/mol. The molecule has 20 heavy (non-hydrogen) atoms. The molecule has 0 spiro atoms. The van der Waals surface area contributed by atoms with Crippen LogP contribution < -0.4 is 10.1 Å². The van der Waals surface area contributed by atoms with Gasteiger partial charge in [-0.05, 0) is 67.8 Å². The molecule has 0 aromatic heterocycles. The second-order valence-corrected chi connectivity index (χ2v) is 6.73. The summed E-state index contributed by atoms with van der Waals surface area (Å²) in [5.74, 6) is 1.08. The number of hydrogen-bond donors (Lipinski definition) is 1. The van der Waals surface area contributed by atoms with E-state index in [2.05, 4.69) is 19.2 Å². The van der Waals surface area contributed by atoms with Crippen LogP contribution in [0.4, 0.5) is 4.39 Å². The fraction of sp³-hybridized carbons (Fsp3) is 0.647. The Hall–Kier alpha value is -1.09. The van der Waals surface area contributed by atoms with Crippen molar-refractivity contribution in [2.75, 3.05) is 20.7 Å². The molecule has 1 aromatic carbocycles. The highest BCUT2D eigenvalue weighted by Gasteiger charge is 2.35. The first-order valence-corrected chi connectivity index (χ1v) is 7.45. The molecule has 1 aliphatic rings. The topological polar surface area (TPSA) is 21.3 Å². The first kappa shape index (κ1) is 15.3. The Morgan fingerprint density at radius 1 is 1.40 bits per heavy atom. The molecule has 0 bridgehead atoms. The van der Waals surface area contributed by atoms with E-state index < -0.39 is 0 Å². The fourth-order valence-corrected chi connectivity index (χ4v) is 3.45. The monoisotopic (exact) mass is 279 g/mol. The predicted molar refractivity (Wildman–Crippen MR) is 80.7 cm³/mol. The second kappa shape index (κ2) is 6.13. The molecule has 2 nitrogen and oxygen atoms in total. The number of hydrogen-bond acceptors (Lipinski definition) is 2. The highest BCUT2D eigenvalue weighted by atomic mass is 19.1. The molecule has 1 aliphatic carbocycles. The molecule has 112 valence electrons. The van der Waals surface area contributed by atoms with Crippen molar-refractivity contribution in [3.63, 3.8) is 0 Å². The van der Waals surface area contributed by atoms with Gasteiger partial charge in [0.15, 0.2) is 11.6 Å². The summed E-state index contributed by atoms with van der Waals surface area (Å²) in [6.45, 7) is 5.62. The van der Waals surface area contributed by atoms with Crippen molar-refractivity contribution in [2.45, 2.75) is 39.0 Å². The zero-order valence-electron chi connectivity index (χ0n) is 13.0. The van der Waals surface area contributed by atoms with Gasteiger partial charge < -0.3 is 10.1 Å². The normalized spacial score (nSPS) is 25.4. The Labute approximate surface area is 121 Å². The molecule has 0 heterocycles. The number of halogens is 1. The van der Waals surface area contributed by atoms with Crippen molar-refractivity contribution in [1.29, 1.82) is 0 Å². The van der Waals surface area contributed by atoms with E-state index in [-0.39, 0.29) is 5.82 Å². The molecular formula is C17H26FNO. The van der Waals surface area contributed by atoms with E-state index in [0.29, 0.717) is 23.0 Å². The molecule has 1 saturated carbocycles. The molecule has 1 fully saturated rings. The number of ether oxygens (including phenoxy) is 1. The highest BCUT2D eigenvalue weighted by Crippen LogP contribution is 2.46. The Kier molecular flexibility index (Phi) is 4.69. The van der Waals surface area contributed by atoms with Crippen LogP contribution in [0, 0.1) is 17.2 Å². The molecule has 0 saturated heterocycles. The Balaban J connectivity index is 2.27. The van der Waals surface area contributed by atoms with E-state index in [9.17, 15) is 4.39 Å². The third kappa shape index (κ3) is 3.32. The molecule has 1 aromatic rings. The zero-order chi connectivity index (χ0) is 14.8. The first-order valence-electron chi connectivity index (χ1n) is 7.45. The van der Waals surface area contributed by atoms with Crippen LogP contribution in [0.1, 0.15) is 44.6 Å². The van der Waals surface area contributed by atoms with Gasteiger partial charge >= 0.3 is 0 Å². The maximum atomic E-state index is 14.0. The number of benzene rings is 1. The highest BCUT2D eigenvalue weighted by molar-refractivity contribution is 5.32. The minimum absolute atomic E-state index is 0.253. The van der Waals surface area contributed by atoms with Crippen LogP contribution in [-0.2, 0) is 0 Å². The van der Waals surface area contributed by atoms with Gasteiger partial charge in [0.2, 0.25) is 0 Å². The summed E-state index contributed by atoms with van der Waals surface area (Å²) >= 11 is 0. The van der Waals surface area contributed by atoms with Crippen LogP contribution in [0.5, 0.6) is 5.75 Å². The Morgan fingerprint density at radius 2 is 2.15 bits per heavy atom. The quantitative estimate of drug-likeness (QED) is 0.900. The van der Waals surface area contributed by atoms with Gasteiger partial charge in [-0.15, -0.1) is 0 Å². The number of methoxy groups -OCH3 is 1. The maximum absolute atomic E-state index is 14.0. The zero-order valence-corrected chi connectivity index (χ0v) is 13.0. The molecule has 2 rings (SSSR count). The molecule has 2 unspecified atom stereocenters. The van der Waals surface area contributed by atoms with Crippen LogP contribution >= 0.6 is 0 Å². The van der Waals surface area contributed by atoms with Gasteiger partial charge in [0.1, 0.15) is 0 Å². The van der Waals surface area contributed by atoms with Gasteiger partial charge in [-0.2, -0.15) is 0 Å². The molecule has 3 heteroatoms. The lowest BCUT2D eigenvalue weighted by Crippen LogP contribution is -2.33. The van der Waals surface area contributed by atoms with Crippen molar-refractivity contribution in [2.24, 2.45) is 11.3 Å². The molecule has 1 N–H and O–H groups in total. The Bertz CT molecular complexity index is 458. The summed E-state index contributed by atoms with van der Waals surface area (Å²) in [5.41, 5.74) is 1.45. The molecule has 0 radical (unpaired) electrons. The van der Waals surface area contributed by atoms with Crippen molar-refractivity contribution in [3.8, 4) is 5.75 Å². The molecule has 0 aliphatic heterocycles. The van der Waals surface area contributed by atoms with Gasteiger partial charge in [-0.25, -0.2) is 4.39 Å². The van der Waals surface area contributed by atoms with Crippen molar-refractivity contribution >= 4 is 0 Å². The van der Waals surface area contributed by atoms with Crippen molar-refractivity contribution < 1.29 is 9.13 Å². The van der Waals surface area contributed by atoms with Gasteiger partial charge in [-0.1, -0.05) is 19.9 Å². The van der Waals surface area contributed by atoms with Crippen LogP contribution in [-0.4, -0.2) is 20.7 Å². The van der Waals surface area contributed by atoms with Gasteiger partial charge in [-0.3, -0.25) is 0 Å². The number of rotatable bonds is 4. The van der Waals surface area contributed by atoms with E-state index >= 15 is 0 Å². The number of nitrogens with one attached hydrogen (secondary N) is 1. The van der Waals surface area contributed by atoms with E-state index in [4.69, 9.17) is 4.74 Å².